The smallest absolute Gasteiger partial charge is 0.275 e. The van der Waals surface area contributed by atoms with Crippen LogP contribution < -0.4 is 5.32 Å². The standard InChI is InChI=1S/C27H22ClN5OS2/c1-18-10-12-21(13-11-18)29-26(34)23-16-35-25(30-23)17-36-27-32-31-24(14-19-6-3-2-4-7-19)33(27)22-9-5-8-20(28)15-22/h2-13,15-16H,14,17H2,1H3,(H,29,34). The molecule has 0 fully saturated rings. The maximum absolute atomic E-state index is 12.6. The number of nitrogens with zero attached hydrogens (tertiary/aromatic N) is 4. The van der Waals surface area contributed by atoms with E-state index in [4.69, 9.17) is 11.6 Å². The van der Waals surface area contributed by atoms with Gasteiger partial charge in [0.2, 0.25) is 0 Å². The third-order valence-corrected chi connectivity index (χ3v) is 7.60. The Labute approximate surface area is 222 Å². The van der Waals surface area contributed by atoms with E-state index in [0.717, 1.165) is 38.5 Å². The van der Waals surface area contributed by atoms with Crippen LogP contribution in [0.2, 0.25) is 5.02 Å². The van der Waals surface area contributed by atoms with Crippen LogP contribution in [0.3, 0.4) is 0 Å². The summed E-state index contributed by atoms with van der Waals surface area (Å²) in [7, 11) is 0. The Balaban J connectivity index is 1.33. The summed E-state index contributed by atoms with van der Waals surface area (Å²) in [4.78, 5) is 17.2. The number of anilines is 1. The molecule has 36 heavy (non-hydrogen) atoms. The number of hydrogen-bond donors (Lipinski definition) is 1. The van der Waals surface area contributed by atoms with Crippen molar-refractivity contribution in [2.24, 2.45) is 0 Å². The van der Waals surface area contributed by atoms with Crippen LogP contribution in [0.15, 0.2) is 89.4 Å². The van der Waals surface area contributed by atoms with Crippen LogP contribution in [-0.2, 0) is 12.2 Å². The summed E-state index contributed by atoms with van der Waals surface area (Å²) in [5.74, 6) is 1.16. The normalized spacial score (nSPS) is 10.9. The number of aryl methyl sites for hydroxylation is 1. The lowest BCUT2D eigenvalue weighted by molar-refractivity contribution is 0.102. The molecule has 180 valence electrons. The van der Waals surface area contributed by atoms with Crippen molar-refractivity contribution in [2.45, 2.75) is 24.3 Å². The van der Waals surface area contributed by atoms with Crippen molar-refractivity contribution in [2.75, 3.05) is 5.32 Å². The van der Waals surface area contributed by atoms with Gasteiger partial charge in [0.25, 0.3) is 5.91 Å². The first kappa shape index (κ1) is 24.2. The highest BCUT2D eigenvalue weighted by atomic mass is 35.5. The van der Waals surface area contributed by atoms with Crippen LogP contribution in [0.25, 0.3) is 5.69 Å². The summed E-state index contributed by atoms with van der Waals surface area (Å²) < 4.78 is 2.03. The molecular weight excluding hydrogens is 510 g/mol. The van der Waals surface area contributed by atoms with Crippen molar-refractivity contribution in [3.8, 4) is 5.69 Å². The fourth-order valence-corrected chi connectivity index (χ4v) is 5.55. The van der Waals surface area contributed by atoms with Crippen LogP contribution in [0.1, 0.15) is 32.4 Å². The second-order valence-electron chi connectivity index (χ2n) is 8.11. The van der Waals surface area contributed by atoms with Gasteiger partial charge in [-0.1, -0.05) is 77.5 Å². The zero-order chi connectivity index (χ0) is 24.9. The first-order chi connectivity index (χ1) is 17.5. The average molecular weight is 532 g/mol. The highest BCUT2D eigenvalue weighted by molar-refractivity contribution is 7.98. The van der Waals surface area contributed by atoms with E-state index in [1.54, 1.807) is 5.38 Å². The molecule has 5 rings (SSSR count). The number of thioether (sulfide) groups is 1. The lowest BCUT2D eigenvalue weighted by atomic mass is 10.1. The number of nitrogens with one attached hydrogen (secondary N) is 1. The van der Waals surface area contributed by atoms with Gasteiger partial charge in [0.05, 0.1) is 11.4 Å². The van der Waals surface area contributed by atoms with Gasteiger partial charge in [-0.15, -0.1) is 21.5 Å². The lowest BCUT2D eigenvalue weighted by Crippen LogP contribution is -2.12. The highest BCUT2D eigenvalue weighted by Gasteiger charge is 2.17. The molecule has 0 bridgehead atoms. The number of rotatable bonds is 8. The van der Waals surface area contributed by atoms with E-state index in [2.05, 4.69) is 32.6 Å². The van der Waals surface area contributed by atoms with Crippen LogP contribution in [0.5, 0.6) is 0 Å². The van der Waals surface area contributed by atoms with E-state index in [-0.39, 0.29) is 5.91 Å². The first-order valence-corrected chi connectivity index (χ1v) is 13.5. The van der Waals surface area contributed by atoms with Crippen LogP contribution in [0.4, 0.5) is 5.69 Å². The molecule has 0 atom stereocenters. The third-order valence-electron chi connectivity index (χ3n) is 5.39. The van der Waals surface area contributed by atoms with Crippen molar-refractivity contribution in [3.05, 3.63) is 117 Å². The number of amides is 1. The molecular formula is C27H22ClN5OS2. The van der Waals surface area contributed by atoms with E-state index in [0.29, 0.717) is 22.9 Å². The Hall–Kier alpha value is -3.46. The number of halogens is 1. The van der Waals surface area contributed by atoms with Crippen molar-refractivity contribution >= 4 is 46.3 Å². The molecule has 6 nitrogen and oxygen atoms in total. The lowest BCUT2D eigenvalue weighted by Gasteiger charge is -2.10. The molecule has 3 aromatic carbocycles. The third kappa shape index (κ3) is 5.84. The van der Waals surface area contributed by atoms with Crippen molar-refractivity contribution in [1.82, 2.24) is 19.7 Å². The van der Waals surface area contributed by atoms with Gasteiger partial charge in [0, 0.05) is 22.5 Å². The molecule has 0 spiro atoms. The second-order valence-corrected chi connectivity index (χ2v) is 10.4. The van der Waals surface area contributed by atoms with E-state index >= 15 is 0 Å². The Kier molecular flexibility index (Phi) is 7.46. The van der Waals surface area contributed by atoms with Crippen molar-refractivity contribution in [1.29, 1.82) is 0 Å². The Bertz CT molecular complexity index is 1480. The van der Waals surface area contributed by atoms with Crippen LogP contribution >= 0.6 is 34.7 Å². The summed E-state index contributed by atoms with van der Waals surface area (Å²) in [6.45, 7) is 2.01. The minimum absolute atomic E-state index is 0.224. The number of hydrogen-bond acceptors (Lipinski definition) is 6. The fraction of sp³-hybridized carbons (Fsp3) is 0.111. The van der Waals surface area contributed by atoms with Gasteiger partial charge in [-0.2, -0.15) is 0 Å². The van der Waals surface area contributed by atoms with Crippen LogP contribution in [-0.4, -0.2) is 25.7 Å². The summed E-state index contributed by atoms with van der Waals surface area (Å²) >= 11 is 9.27. The van der Waals surface area contributed by atoms with Gasteiger partial charge in [0.1, 0.15) is 16.5 Å². The van der Waals surface area contributed by atoms with Crippen molar-refractivity contribution < 1.29 is 4.79 Å². The number of thiazole rings is 1. The summed E-state index contributed by atoms with van der Waals surface area (Å²) in [5, 5.41) is 15.8. The molecule has 5 aromatic rings. The molecule has 0 aliphatic heterocycles. The molecule has 2 heterocycles. The minimum atomic E-state index is -0.224. The van der Waals surface area contributed by atoms with Gasteiger partial charge in [-0.3, -0.25) is 9.36 Å². The monoisotopic (exact) mass is 531 g/mol. The van der Waals surface area contributed by atoms with Gasteiger partial charge in [0.15, 0.2) is 5.16 Å². The summed E-state index contributed by atoms with van der Waals surface area (Å²) in [6, 6.07) is 25.5. The van der Waals surface area contributed by atoms with E-state index in [1.807, 2.05) is 78.2 Å². The SMILES string of the molecule is Cc1ccc(NC(=O)c2csc(CSc3nnc(Cc4ccccc4)n3-c3cccc(Cl)c3)n2)cc1. The highest BCUT2D eigenvalue weighted by Crippen LogP contribution is 2.28. The summed E-state index contributed by atoms with van der Waals surface area (Å²) in [6.07, 6.45) is 0.640. The average Bonchev–Trinajstić information content (AvgIpc) is 3.52. The molecule has 0 saturated heterocycles. The molecule has 0 aliphatic carbocycles. The molecule has 2 aromatic heterocycles. The molecule has 0 saturated carbocycles. The topological polar surface area (TPSA) is 72.7 Å². The molecule has 0 aliphatic rings. The van der Waals surface area contributed by atoms with Gasteiger partial charge >= 0.3 is 0 Å². The minimum Gasteiger partial charge on any atom is -0.321 e. The number of carbonyl (C=O) groups excluding carboxylic acids is 1. The van der Waals surface area contributed by atoms with E-state index < -0.39 is 0 Å². The number of carbonyl (C=O) groups is 1. The Morgan fingerprint density at radius 1 is 1.03 bits per heavy atom. The molecule has 0 radical (unpaired) electrons. The zero-order valence-corrected chi connectivity index (χ0v) is 21.8. The predicted molar refractivity (Wildman–Crippen MR) is 146 cm³/mol. The Morgan fingerprint density at radius 3 is 2.61 bits per heavy atom. The first-order valence-electron chi connectivity index (χ1n) is 11.2. The molecule has 9 heteroatoms. The van der Waals surface area contributed by atoms with E-state index in [9.17, 15) is 4.79 Å². The predicted octanol–water partition coefficient (Wildman–Crippen LogP) is 6.82. The van der Waals surface area contributed by atoms with E-state index in [1.165, 1.54) is 23.1 Å². The van der Waals surface area contributed by atoms with Crippen molar-refractivity contribution in [3.63, 3.8) is 0 Å². The maximum Gasteiger partial charge on any atom is 0.275 e. The molecule has 1 amide bonds. The number of aromatic nitrogens is 4. The molecule has 0 unspecified atom stereocenters. The largest absolute Gasteiger partial charge is 0.321 e. The van der Waals surface area contributed by atoms with Gasteiger partial charge < -0.3 is 5.32 Å². The second kappa shape index (κ2) is 11.1. The molecule has 1 N–H and O–H groups in total. The quantitative estimate of drug-likeness (QED) is 0.222. The van der Waals surface area contributed by atoms with Crippen LogP contribution in [0, 0.1) is 6.92 Å². The zero-order valence-electron chi connectivity index (χ0n) is 19.4. The number of benzene rings is 3. The summed E-state index contributed by atoms with van der Waals surface area (Å²) in [5.41, 5.74) is 4.33. The maximum atomic E-state index is 12.6. The van der Waals surface area contributed by atoms with Gasteiger partial charge in [-0.25, -0.2) is 4.98 Å². The van der Waals surface area contributed by atoms with Gasteiger partial charge in [-0.05, 0) is 42.8 Å². The Morgan fingerprint density at radius 2 is 1.83 bits per heavy atom. The fourth-order valence-electron chi connectivity index (χ4n) is 3.60.